The van der Waals surface area contributed by atoms with Crippen molar-refractivity contribution in [2.24, 2.45) is 0 Å². The molecule has 2 spiro atoms. The molecule has 39 nitrogen and oxygen atoms in total. The molecule has 0 aromatic heterocycles. The van der Waals surface area contributed by atoms with E-state index in [0.717, 1.165) is 6.07 Å². The van der Waals surface area contributed by atoms with Gasteiger partial charge in [-0.15, -0.1) is 0 Å². The third kappa shape index (κ3) is 15.5. The number of aryl methyl sites for hydroxylation is 1. The third-order valence-electron chi connectivity index (χ3n) is 22.5. The van der Waals surface area contributed by atoms with Crippen molar-refractivity contribution in [2.45, 2.75) is 295 Å². The van der Waals surface area contributed by atoms with Crippen LogP contribution in [0, 0.1) is 24.0 Å². The number of aliphatic hydroxyl groups is 5. The average Bonchev–Trinajstić information content (AvgIpc) is 1.58. The lowest BCUT2D eigenvalue weighted by Gasteiger charge is -2.50. The molecule has 11 aliphatic rings. The quantitative estimate of drug-likeness (QED) is 0.0495. The first-order valence-electron chi connectivity index (χ1n) is 36.3. The lowest BCUT2D eigenvalue weighted by Crippen LogP contribution is -2.68. The highest BCUT2D eigenvalue weighted by atomic mass is 35.5. The highest BCUT2D eigenvalue weighted by Crippen LogP contribution is 2.53. The number of carbonyl (C=O) groups is 2. The van der Waals surface area contributed by atoms with Crippen molar-refractivity contribution in [2.75, 3.05) is 62.2 Å². The second-order valence-electron chi connectivity index (χ2n) is 29.9. The van der Waals surface area contributed by atoms with E-state index < -0.39 is 248 Å². The van der Waals surface area contributed by atoms with E-state index in [1.807, 2.05) is 0 Å². The number of esters is 2. The smallest absolute Gasteiger partial charge is 0.342 e. The van der Waals surface area contributed by atoms with Gasteiger partial charge in [0, 0.05) is 52.8 Å². The van der Waals surface area contributed by atoms with Crippen molar-refractivity contribution in [1.82, 2.24) is 0 Å². The number of hydrogen-bond donors (Lipinski definition) is 8. The van der Waals surface area contributed by atoms with Crippen LogP contribution >= 0.6 is 23.2 Å². The van der Waals surface area contributed by atoms with Gasteiger partial charge in [0.25, 0.3) is 11.5 Å². The van der Waals surface area contributed by atoms with Gasteiger partial charge in [0.15, 0.2) is 73.7 Å². The molecule has 0 saturated carbocycles. The molecule has 13 rings (SSSR count). The number of carbonyl (C=O) groups excluding carboxylic acids is 2. The molecule has 624 valence electrons. The summed E-state index contributed by atoms with van der Waals surface area (Å²) in [5, 5.41) is 104. The number of phenols is 3. The number of benzene rings is 2. The molecule has 2 unspecified atom stereocenters. The van der Waals surface area contributed by atoms with Crippen molar-refractivity contribution >= 4 is 35.1 Å². The number of halogens is 2. The van der Waals surface area contributed by atoms with E-state index >= 15 is 0 Å². The zero-order valence-electron chi connectivity index (χ0n) is 63.0. The van der Waals surface area contributed by atoms with Gasteiger partial charge in [-0.2, -0.15) is 0 Å². The molecule has 11 saturated heterocycles. The average molecular weight is 1630 g/mol. The van der Waals surface area contributed by atoms with Crippen LogP contribution in [-0.2, 0) is 118 Å². The summed E-state index contributed by atoms with van der Waals surface area (Å²) in [4.78, 5) is 39.8. The number of methoxy groups -OCH3 is 5. The summed E-state index contributed by atoms with van der Waals surface area (Å²) in [7, 11) is 6.53. The van der Waals surface area contributed by atoms with E-state index in [-0.39, 0.29) is 83.3 Å². The number of phenolic OH excluding ortho intramolecular Hbond substituents is 3. The van der Waals surface area contributed by atoms with Crippen molar-refractivity contribution in [1.29, 1.82) is 0 Å². The molecule has 2 aromatic carbocycles. The van der Waals surface area contributed by atoms with Crippen LogP contribution in [0.2, 0.25) is 10.0 Å². The first-order valence-corrected chi connectivity index (χ1v) is 37.1. The van der Waals surface area contributed by atoms with Crippen LogP contribution < -0.4 is 4.74 Å². The highest BCUT2D eigenvalue weighted by Gasteiger charge is 2.70. The summed E-state index contributed by atoms with van der Waals surface area (Å²) in [6.07, 6.45) is -40.9. The van der Waals surface area contributed by atoms with E-state index in [1.54, 1.807) is 34.6 Å². The summed E-state index contributed by atoms with van der Waals surface area (Å²) in [5.74, 6) is -7.54. The molecule has 11 aliphatic heterocycles. The fourth-order valence-corrected chi connectivity index (χ4v) is 17.5. The fraction of sp³-hybridized carbons (Fsp3) is 0.800. The van der Waals surface area contributed by atoms with Crippen LogP contribution in [-0.4, -0.2) is 333 Å². The van der Waals surface area contributed by atoms with E-state index in [1.165, 1.54) is 69.3 Å². The van der Waals surface area contributed by atoms with Gasteiger partial charge < -0.3 is 164 Å². The maximum absolute atomic E-state index is 14.3. The molecule has 35 atom stereocenters. The lowest BCUT2D eigenvalue weighted by atomic mass is 9.85. The zero-order chi connectivity index (χ0) is 80.2. The van der Waals surface area contributed by atoms with Gasteiger partial charge in [-0.3, -0.25) is 10.1 Å². The number of ether oxygens (including phenoxy) is 26. The molecule has 0 radical (unpaired) electrons. The Hall–Kier alpha value is -4.56. The van der Waals surface area contributed by atoms with E-state index in [0.29, 0.717) is 0 Å². The number of aromatic hydroxyl groups is 3. The van der Waals surface area contributed by atoms with Gasteiger partial charge in [0.1, 0.15) is 132 Å². The molecule has 2 aromatic rings. The molecule has 0 bridgehead atoms. The number of aliphatic hydroxyl groups excluding tert-OH is 5. The van der Waals surface area contributed by atoms with Gasteiger partial charge in [0.2, 0.25) is 0 Å². The van der Waals surface area contributed by atoms with Crippen LogP contribution in [0.3, 0.4) is 0 Å². The molecule has 0 amide bonds. The van der Waals surface area contributed by atoms with E-state index in [2.05, 4.69) is 0 Å². The summed E-state index contributed by atoms with van der Waals surface area (Å²) in [6, 6.07) is 2.28. The van der Waals surface area contributed by atoms with Crippen LogP contribution in [0.5, 0.6) is 23.0 Å². The molecular weight excluding hydrogens is 1530 g/mol. The highest BCUT2D eigenvalue weighted by molar-refractivity contribution is 6.39. The first kappa shape index (κ1) is 84.4. The Kier molecular flexibility index (Phi) is 25.1. The molecule has 11 heterocycles. The molecule has 41 heteroatoms. The van der Waals surface area contributed by atoms with Crippen LogP contribution in [0.4, 0.5) is 0 Å². The van der Waals surface area contributed by atoms with Crippen molar-refractivity contribution < 1.29 is 179 Å². The van der Waals surface area contributed by atoms with Gasteiger partial charge in [-0.25, -0.2) is 9.59 Å². The molecule has 0 aliphatic carbocycles. The van der Waals surface area contributed by atoms with E-state index in [4.69, 9.17) is 146 Å². The number of hydrogen-bond acceptors (Lipinski definition) is 38. The number of rotatable bonds is 21. The second-order valence-corrected chi connectivity index (χ2v) is 30.6. The Morgan fingerprint density at radius 2 is 1.31 bits per heavy atom. The van der Waals surface area contributed by atoms with Crippen molar-refractivity contribution in [3.05, 3.63) is 54.5 Å². The number of nitrogens with zero attached hydrogens (tertiary/aromatic N) is 1. The Morgan fingerprint density at radius 3 is 1.98 bits per heavy atom. The molecule has 111 heavy (non-hydrogen) atoms. The zero-order valence-corrected chi connectivity index (χ0v) is 64.5. The fourth-order valence-electron chi connectivity index (χ4n) is 17.0. The number of fused-ring (bicyclic) bond motifs is 4. The minimum absolute atomic E-state index is 0.0700. The summed E-state index contributed by atoms with van der Waals surface area (Å²) >= 11 is 12.8. The van der Waals surface area contributed by atoms with Gasteiger partial charge in [-0.05, 0) is 72.6 Å². The first-order chi connectivity index (χ1) is 52.6. The Balaban J connectivity index is 0.644. The maximum Gasteiger partial charge on any atom is 0.342 e. The standard InChI is InChI=1S/C70H97Cl2NO38/c1-24-15-31(74)16-32(75)40(24)61(82)100-36-22-94-70(60-53(36)92-23-93-60)108-37-21-91-63(46(79)52(37)109-70)106-65-56(89-13)45(78)51(35(101-65)20-86-10)104-64-47(80)55(50(87-11)27(4)97-64)105-66-57(81)68(9)59(30(7)98-66)110-69(111-68)18-33(76)48(28(5)107-69)102-38-17-34(99-39-19-67(8,73(84)85)58(90-14)29(6)96-39)49(26(3)95-38)103-62(83)41-25(2)42(71)44(77)43(72)54(41)88-12/h15-16,26-30,33-39,45-53,55-60,63-66,74-81H,17-23H2,1-14H3/t26-,27-,28-,29+,30-,33-,34-,35-,36-,37+,38+,39+,45+,46-,47-,48-,49-,50+,51?,52-,53+,55-,56+,57-,58+,59-,60-,63+,64+,65+,66?,67+,68-,69-,70-/m1/s1. The van der Waals surface area contributed by atoms with E-state index in [9.17, 15) is 60.6 Å². The van der Waals surface area contributed by atoms with Crippen LogP contribution in [0.1, 0.15) is 99.6 Å². The van der Waals surface area contributed by atoms with Gasteiger partial charge in [0.05, 0.1) is 81.4 Å². The Labute approximate surface area is 645 Å². The summed E-state index contributed by atoms with van der Waals surface area (Å²) in [5.41, 5.74) is -3.54. The van der Waals surface area contributed by atoms with Crippen molar-refractivity contribution in [3.63, 3.8) is 0 Å². The molecule has 8 N–H and O–H groups in total. The normalized spacial score (nSPS) is 45.6. The predicted octanol–water partition coefficient (Wildman–Crippen LogP) is 1.26. The van der Waals surface area contributed by atoms with Gasteiger partial charge in [-0.1, -0.05) is 23.2 Å². The van der Waals surface area contributed by atoms with Crippen LogP contribution in [0.25, 0.3) is 0 Å². The monoisotopic (exact) mass is 1630 g/mol. The molecular formula is C70H97Cl2NO38. The Morgan fingerprint density at radius 1 is 0.613 bits per heavy atom. The minimum atomic E-state index is -2.06. The topological polar surface area (TPSA) is 479 Å². The maximum atomic E-state index is 14.3. The van der Waals surface area contributed by atoms with Crippen molar-refractivity contribution in [3.8, 4) is 23.0 Å². The number of nitro groups is 1. The third-order valence-corrected chi connectivity index (χ3v) is 23.3. The van der Waals surface area contributed by atoms with Crippen LogP contribution in [0.15, 0.2) is 12.1 Å². The largest absolute Gasteiger partial charge is 0.508 e. The predicted molar refractivity (Wildman–Crippen MR) is 363 cm³/mol. The van der Waals surface area contributed by atoms with Gasteiger partial charge >= 0.3 is 17.9 Å². The second kappa shape index (κ2) is 33.1. The summed E-state index contributed by atoms with van der Waals surface area (Å²) < 4.78 is 160. The lowest BCUT2D eigenvalue weighted by molar-refractivity contribution is -0.595. The SMILES string of the molecule is COC[C@H]1O[C@@H](O[C@@H]2OC[C@@H]3O[C@@]4(OC[C@@H](OC(=O)c5c(C)cc(O)cc5O)[C@@H]5OCO[C@H]54)O[C@H]3[C@H]2O)[C@@H](OC)[C@@H](O)C1O[C@@H]1O[C@H](C)[C@H](OC)[C@H](OC2O[C@H](C)[C@H]3O[C@]4(C[C@@H](O)[C@H](O[C@H]5C[C@@H](O[C@H]6C[C@](C)([N+](=O)[O-])[C@@H](OC)[C@H](C)O6)[C@H](OC(=O)c6c(C)c(Cl)c(O)c(Cl)c6OC)[C@@H](C)O5)[C@@H](C)O4)O[C@]3(C)[C@@H]2O)[C@H]1O. The summed E-state index contributed by atoms with van der Waals surface area (Å²) in [6.45, 7) is 12.7. The molecule has 11 fully saturated rings. The Bertz CT molecular complexity index is 3630. The minimum Gasteiger partial charge on any atom is -0.508 e.